The van der Waals surface area contributed by atoms with Crippen LogP contribution in [0.4, 0.5) is 0 Å². The van der Waals surface area contributed by atoms with Gasteiger partial charge in [0.15, 0.2) is 0 Å². The van der Waals surface area contributed by atoms with E-state index in [0.717, 1.165) is 0 Å². The lowest BCUT2D eigenvalue weighted by Crippen LogP contribution is -1.95. The van der Waals surface area contributed by atoms with E-state index in [0.29, 0.717) is 5.92 Å². The molecule has 70 valence electrons. The Morgan fingerprint density at radius 1 is 1.07 bits per heavy atom. The molecule has 0 fully saturated rings. The van der Waals surface area contributed by atoms with Gasteiger partial charge in [0.1, 0.15) is 0 Å². The second-order valence-electron chi connectivity index (χ2n) is 3.59. The van der Waals surface area contributed by atoms with E-state index in [-0.39, 0.29) is 0 Å². The third-order valence-electron chi connectivity index (χ3n) is 2.46. The first-order valence-electron chi connectivity index (χ1n) is 4.98. The van der Waals surface area contributed by atoms with E-state index in [9.17, 15) is 0 Å². The molecule has 0 N–H and O–H groups in total. The van der Waals surface area contributed by atoms with Crippen LogP contribution in [0.15, 0.2) is 60.2 Å². The van der Waals surface area contributed by atoms with Gasteiger partial charge in [0.25, 0.3) is 0 Å². The molecule has 1 aliphatic rings. The minimum atomic E-state index is 0.528. The minimum absolute atomic E-state index is 0.528. The lowest BCUT2D eigenvalue weighted by atomic mass is 9.95. The fraction of sp³-hybridized carbons (Fsp3) is 0.143. The zero-order valence-corrected chi connectivity index (χ0v) is 8.35. The lowest BCUT2D eigenvalue weighted by Gasteiger charge is -2.11. The van der Waals surface area contributed by atoms with Crippen molar-refractivity contribution >= 4 is 6.08 Å². The predicted molar refractivity (Wildman–Crippen MR) is 61.9 cm³/mol. The first kappa shape index (κ1) is 9.01. The maximum Gasteiger partial charge on any atom is -0.000711 e. The molecule has 0 amide bonds. The second kappa shape index (κ2) is 4.10. The average Bonchev–Trinajstić information content (AvgIpc) is 2.23. The van der Waals surface area contributed by atoms with Gasteiger partial charge in [0.05, 0.1) is 0 Å². The summed E-state index contributed by atoms with van der Waals surface area (Å²) in [5, 5.41) is 0. The van der Waals surface area contributed by atoms with Crippen LogP contribution >= 0.6 is 0 Å². The Balaban J connectivity index is 2.27. The highest BCUT2D eigenvalue weighted by molar-refractivity contribution is 5.58. The van der Waals surface area contributed by atoms with Gasteiger partial charge in [-0.3, -0.25) is 0 Å². The Kier molecular flexibility index (Phi) is 2.64. The highest BCUT2D eigenvalue weighted by atomic mass is 14.1. The second-order valence-corrected chi connectivity index (χ2v) is 3.59. The Labute approximate surface area is 85.3 Å². The summed E-state index contributed by atoms with van der Waals surface area (Å²) in [6.07, 6.45) is 10.8. The highest BCUT2D eigenvalue weighted by Crippen LogP contribution is 2.20. The lowest BCUT2D eigenvalue weighted by molar-refractivity contribution is 0.891. The molecule has 0 aromatic heterocycles. The molecular formula is C14H14. The van der Waals surface area contributed by atoms with E-state index in [1.165, 1.54) is 11.1 Å². The highest BCUT2D eigenvalue weighted by Gasteiger charge is 2.04. The molecule has 0 heteroatoms. The smallest absolute Gasteiger partial charge is 0.000711 e. The van der Waals surface area contributed by atoms with Crippen LogP contribution in [0.1, 0.15) is 12.5 Å². The zero-order valence-electron chi connectivity index (χ0n) is 8.35. The van der Waals surface area contributed by atoms with E-state index in [1.807, 2.05) is 6.07 Å². The van der Waals surface area contributed by atoms with E-state index in [4.69, 9.17) is 0 Å². The number of benzene rings is 1. The molecule has 0 nitrogen and oxygen atoms in total. The van der Waals surface area contributed by atoms with Gasteiger partial charge in [-0.25, -0.2) is 0 Å². The molecule has 1 unspecified atom stereocenters. The molecule has 0 radical (unpaired) electrons. The third kappa shape index (κ3) is 2.02. The predicted octanol–water partition coefficient (Wildman–Crippen LogP) is 3.83. The summed E-state index contributed by atoms with van der Waals surface area (Å²) in [4.78, 5) is 0. The fourth-order valence-corrected chi connectivity index (χ4v) is 1.58. The first-order valence-corrected chi connectivity index (χ1v) is 4.98. The van der Waals surface area contributed by atoms with Crippen molar-refractivity contribution < 1.29 is 0 Å². The van der Waals surface area contributed by atoms with Gasteiger partial charge in [-0.2, -0.15) is 0 Å². The van der Waals surface area contributed by atoms with Gasteiger partial charge in [0.2, 0.25) is 0 Å². The van der Waals surface area contributed by atoms with Crippen molar-refractivity contribution in [3.8, 4) is 0 Å². The first-order chi connectivity index (χ1) is 6.86. The van der Waals surface area contributed by atoms with Crippen molar-refractivity contribution in [2.24, 2.45) is 5.92 Å². The van der Waals surface area contributed by atoms with Crippen molar-refractivity contribution in [1.82, 2.24) is 0 Å². The number of hydrogen-bond donors (Lipinski definition) is 0. The van der Waals surface area contributed by atoms with Gasteiger partial charge in [-0.1, -0.05) is 67.6 Å². The van der Waals surface area contributed by atoms with Crippen molar-refractivity contribution in [2.75, 3.05) is 0 Å². The molecule has 14 heavy (non-hydrogen) atoms. The maximum atomic E-state index is 2.24. The normalized spacial score (nSPS) is 22.9. The molecule has 1 atom stereocenters. The van der Waals surface area contributed by atoms with E-state index in [1.54, 1.807) is 0 Å². The van der Waals surface area contributed by atoms with Crippen LogP contribution in [-0.2, 0) is 0 Å². The molecule has 0 aliphatic heterocycles. The molecule has 0 saturated heterocycles. The molecule has 0 saturated carbocycles. The van der Waals surface area contributed by atoms with Crippen LogP contribution < -0.4 is 0 Å². The Morgan fingerprint density at radius 2 is 1.86 bits per heavy atom. The topological polar surface area (TPSA) is 0 Å². The van der Waals surface area contributed by atoms with Crippen LogP contribution in [0.2, 0.25) is 0 Å². The van der Waals surface area contributed by atoms with Crippen molar-refractivity contribution in [3.05, 3.63) is 65.8 Å². The van der Waals surface area contributed by atoms with Crippen LogP contribution in [0.3, 0.4) is 0 Å². The quantitative estimate of drug-likeness (QED) is 0.619. The molecule has 1 aliphatic carbocycles. The monoisotopic (exact) mass is 182 g/mol. The van der Waals surface area contributed by atoms with Crippen molar-refractivity contribution in [2.45, 2.75) is 6.92 Å². The van der Waals surface area contributed by atoms with Crippen LogP contribution in [0, 0.1) is 5.92 Å². The third-order valence-corrected chi connectivity index (χ3v) is 2.46. The molecule has 2 rings (SSSR count). The van der Waals surface area contributed by atoms with Crippen molar-refractivity contribution in [1.29, 1.82) is 0 Å². The van der Waals surface area contributed by atoms with E-state index in [2.05, 4.69) is 61.6 Å². The zero-order chi connectivity index (χ0) is 9.80. The molecule has 1 aromatic carbocycles. The van der Waals surface area contributed by atoms with Crippen LogP contribution in [-0.4, -0.2) is 0 Å². The molecular weight excluding hydrogens is 168 g/mol. The summed E-state index contributed by atoms with van der Waals surface area (Å²) in [6.45, 7) is 2.22. The van der Waals surface area contributed by atoms with Gasteiger partial charge >= 0.3 is 0 Å². The van der Waals surface area contributed by atoms with E-state index >= 15 is 0 Å². The standard InChI is InChI=1S/C14H14/c1-12-7-5-6-10-14(12)11-13-8-3-2-4-9-13/h2-12H,1H3/b14-11-. The number of rotatable bonds is 1. The Bertz CT molecular complexity index is 380. The summed E-state index contributed by atoms with van der Waals surface area (Å²) in [5.74, 6) is 0.528. The molecule has 0 heterocycles. The molecule has 1 aromatic rings. The Morgan fingerprint density at radius 3 is 2.57 bits per heavy atom. The summed E-state index contributed by atoms with van der Waals surface area (Å²) < 4.78 is 0. The van der Waals surface area contributed by atoms with Crippen LogP contribution in [0.25, 0.3) is 6.08 Å². The van der Waals surface area contributed by atoms with E-state index < -0.39 is 0 Å². The summed E-state index contributed by atoms with van der Waals surface area (Å²) in [5.41, 5.74) is 2.65. The average molecular weight is 182 g/mol. The van der Waals surface area contributed by atoms with Crippen LogP contribution in [0.5, 0.6) is 0 Å². The SMILES string of the molecule is CC1C=CC=C/C1=C/c1ccccc1. The fourth-order valence-electron chi connectivity index (χ4n) is 1.58. The molecule has 0 spiro atoms. The number of hydrogen-bond acceptors (Lipinski definition) is 0. The summed E-state index contributed by atoms with van der Waals surface area (Å²) in [7, 11) is 0. The number of allylic oxidation sites excluding steroid dienone is 5. The van der Waals surface area contributed by atoms with Gasteiger partial charge in [-0.05, 0) is 17.1 Å². The largest absolute Gasteiger partial charge is 0.0773 e. The van der Waals surface area contributed by atoms with Gasteiger partial charge in [-0.15, -0.1) is 0 Å². The maximum absolute atomic E-state index is 2.24. The summed E-state index contributed by atoms with van der Waals surface area (Å²) >= 11 is 0. The Hall–Kier alpha value is -1.56. The van der Waals surface area contributed by atoms with Gasteiger partial charge in [0, 0.05) is 0 Å². The minimum Gasteiger partial charge on any atom is -0.0773 e. The molecule has 0 bridgehead atoms. The summed E-state index contributed by atoms with van der Waals surface area (Å²) in [6, 6.07) is 10.4. The van der Waals surface area contributed by atoms with Gasteiger partial charge < -0.3 is 0 Å². The van der Waals surface area contributed by atoms with Crippen molar-refractivity contribution in [3.63, 3.8) is 0 Å².